The van der Waals surface area contributed by atoms with Crippen LogP contribution in [0.4, 0.5) is 4.39 Å². The highest BCUT2D eigenvalue weighted by Gasteiger charge is 2.33. The first-order chi connectivity index (χ1) is 9.41. The quantitative estimate of drug-likeness (QED) is 0.900. The Bertz CT molecular complexity index is 493. The molecule has 0 bridgehead atoms. The summed E-state index contributed by atoms with van der Waals surface area (Å²) in [6.45, 7) is 7.62. The van der Waals surface area contributed by atoms with Gasteiger partial charge in [-0.05, 0) is 50.4 Å². The maximum atomic E-state index is 13.3. The van der Waals surface area contributed by atoms with Crippen molar-refractivity contribution in [1.82, 2.24) is 10.6 Å². The number of piperidine rings is 1. The van der Waals surface area contributed by atoms with Crippen molar-refractivity contribution in [3.63, 3.8) is 0 Å². The zero-order chi connectivity index (χ0) is 14.8. The summed E-state index contributed by atoms with van der Waals surface area (Å²) in [5.74, 6) is 0.100. The molecule has 1 aromatic rings. The van der Waals surface area contributed by atoms with E-state index < -0.39 is 5.41 Å². The van der Waals surface area contributed by atoms with E-state index in [1.165, 1.54) is 12.1 Å². The normalized spacial score (nSPS) is 22.3. The summed E-state index contributed by atoms with van der Waals surface area (Å²) >= 11 is 0. The highest BCUT2D eigenvalue weighted by atomic mass is 35.5. The second-order valence-corrected chi connectivity index (χ2v) is 6.19. The molecule has 1 heterocycles. The number of carbonyl (C=O) groups is 1. The predicted molar refractivity (Wildman–Crippen MR) is 85.3 cm³/mol. The fourth-order valence-corrected chi connectivity index (χ4v) is 2.54. The van der Waals surface area contributed by atoms with E-state index in [1.807, 2.05) is 13.8 Å². The summed E-state index contributed by atoms with van der Waals surface area (Å²) < 4.78 is 13.3. The molecular formula is C16H24ClFN2O. The lowest BCUT2D eigenvalue weighted by Crippen LogP contribution is -2.54. The summed E-state index contributed by atoms with van der Waals surface area (Å²) in [6, 6.07) is 6.41. The number of carbonyl (C=O) groups excluding carboxylic acids is 1. The van der Waals surface area contributed by atoms with Crippen LogP contribution < -0.4 is 10.6 Å². The van der Waals surface area contributed by atoms with Gasteiger partial charge in [-0.15, -0.1) is 12.4 Å². The van der Waals surface area contributed by atoms with Crippen LogP contribution in [0.5, 0.6) is 0 Å². The Hall–Kier alpha value is -1.13. The maximum Gasteiger partial charge on any atom is 0.230 e. The van der Waals surface area contributed by atoms with E-state index in [9.17, 15) is 9.18 Å². The Labute approximate surface area is 132 Å². The van der Waals surface area contributed by atoms with Crippen molar-refractivity contribution in [1.29, 1.82) is 0 Å². The van der Waals surface area contributed by atoms with Crippen LogP contribution in [0.15, 0.2) is 24.3 Å². The van der Waals surface area contributed by atoms with Gasteiger partial charge in [-0.1, -0.05) is 19.1 Å². The minimum absolute atomic E-state index is 0. The Morgan fingerprint density at radius 3 is 2.76 bits per heavy atom. The highest BCUT2D eigenvalue weighted by Crippen LogP contribution is 2.25. The smallest absolute Gasteiger partial charge is 0.230 e. The predicted octanol–water partition coefficient (Wildman–Crippen LogP) is 2.64. The van der Waals surface area contributed by atoms with E-state index in [0.717, 1.165) is 19.5 Å². The minimum atomic E-state index is -0.737. The number of nitrogens with one attached hydrogen (secondary N) is 2. The van der Waals surface area contributed by atoms with Crippen LogP contribution in [0.3, 0.4) is 0 Å². The van der Waals surface area contributed by atoms with E-state index >= 15 is 0 Å². The Balaban J connectivity index is 0.00000220. The van der Waals surface area contributed by atoms with Gasteiger partial charge in [0.1, 0.15) is 5.82 Å². The van der Waals surface area contributed by atoms with Gasteiger partial charge in [0.2, 0.25) is 5.91 Å². The van der Waals surface area contributed by atoms with E-state index in [0.29, 0.717) is 11.5 Å². The molecule has 118 valence electrons. The second kappa shape index (κ2) is 7.23. The molecule has 2 rings (SSSR count). The van der Waals surface area contributed by atoms with Crippen molar-refractivity contribution in [2.75, 3.05) is 13.1 Å². The molecule has 21 heavy (non-hydrogen) atoms. The molecule has 1 amide bonds. The van der Waals surface area contributed by atoms with E-state index in [-0.39, 0.29) is 30.2 Å². The summed E-state index contributed by atoms with van der Waals surface area (Å²) in [4.78, 5) is 12.5. The molecule has 1 aromatic carbocycles. The van der Waals surface area contributed by atoms with Gasteiger partial charge in [-0.25, -0.2) is 4.39 Å². The monoisotopic (exact) mass is 314 g/mol. The first kappa shape index (κ1) is 17.9. The van der Waals surface area contributed by atoms with Gasteiger partial charge in [-0.3, -0.25) is 4.79 Å². The molecule has 2 N–H and O–H groups in total. The molecule has 1 aliphatic heterocycles. The highest BCUT2D eigenvalue weighted by molar-refractivity contribution is 5.87. The molecule has 0 spiro atoms. The van der Waals surface area contributed by atoms with Crippen molar-refractivity contribution in [2.24, 2.45) is 5.92 Å². The second-order valence-electron chi connectivity index (χ2n) is 6.19. The zero-order valence-electron chi connectivity index (χ0n) is 12.8. The third-order valence-corrected chi connectivity index (χ3v) is 4.26. The number of hydrogen-bond donors (Lipinski definition) is 2. The van der Waals surface area contributed by atoms with Crippen molar-refractivity contribution in [3.05, 3.63) is 35.6 Å². The summed E-state index contributed by atoms with van der Waals surface area (Å²) in [6.07, 6.45) is 1.06. The van der Waals surface area contributed by atoms with Crippen LogP contribution in [0.25, 0.3) is 0 Å². The van der Waals surface area contributed by atoms with Gasteiger partial charge in [0.15, 0.2) is 0 Å². The van der Waals surface area contributed by atoms with Gasteiger partial charge in [0.25, 0.3) is 0 Å². The molecular weight excluding hydrogens is 291 g/mol. The largest absolute Gasteiger partial charge is 0.351 e. The first-order valence-corrected chi connectivity index (χ1v) is 7.19. The van der Waals surface area contributed by atoms with E-state index in [1.54, 1.807) is 12.1 Å². The van der Waals surface area contributed by atoms with Crippen LogP contribution >= 0.6 is 12.4 Å². The van der Waals surface area contributed by atoms with Crippen molar-refractivity contribution < 1.29 is 9.18 Å². The lowest BCUT2D eigenvalue weighted by Gasteiger charge is -2.33. The van der Waals surface area contributed by atoms with Gasteiger partial charge in [0, 0.05) is 12.6 Å². The number of hydrogen-bond acceptors (Lipinski definition) is 2. The molecule has 2 atom stereocenters. The molecule has 0 saturated carbocycles. The summed E-state index contributed by atoms with van der Waals surface area (Å²) in [7, 11) is 0. The summed E-state index contributed by atoms with van der Waals surface area (Å²) in [5, 5.41) is 6.40. The maximum absolute atomic E-state index is 13.3. The fraction of sp³-hybridized carbons (Fsp3) is 0.562. The molecule has 2 unspecified atom stereocenters. The molecule has 1 saturated heterocycles. The number of rotatable bonds is 3. The molecule has 1 aliphatic rings. The van der Waals surface area contributed by atoms with Crippen LogP contribution in [-0.4, -0.2) is 25.0 Å². The van der Waals surface area contributed by atoms with Gasteiger partial charge in [0.05, 0.1) is 5.41 Å². The lowest BCUT2D eigenvalue weighted by molar-refractivity contribution is -0.126. The SMILES string of the molecule is CC1CCNCC1NC(=O)C(C)(C)c1cccc(F)c1.Cl. The standard InChI is InChI=1S/C16H23FN2O.ClH/c1-11-7-8-18-10-14(11)19-15(20)16(2,3)12-5-4-6-13(17)9-12;/h4-6,9,11,14,18H,7-8,10H2,1-3H3,(H,19,20);1H. The number of benzene rings is 1. The molecule has 0 aromatic heterocycles. The Morgan fingerprint density at radius 1 is 1.43 bits per heavy atom. The van der Waals surface area contributed by atoms with E-state index in [2.05, 4.69) is 17.6 Å². The average Bonchev–Trinajstić information content (AvgIpc) is 2.41. The fourth-order valence-electron chi connectivity index (χ4n) is 2.54. The van der Waals surface area contributed by atoms with Crippen LogP contribution in [0.1, 0.15) is 32.8 Å². The topological polar surface area (TPSA) is 41.1 Å². The number of amides is 1. The van der Waals surface area contributed by atoms with Crippen molar-refractivity contribution in [3.8, 4) is 0 Å². The van der Waals surface area contributed by atoms with Gasteiger partial charge in [-0.2, -0.15) is 0 Å². The van der Waals surface area contributed by atoms with Crippen molar-refractivity contribution in [2.45, 2.75) is 38.6 Å². The molecule has 5 heteroatoms. The van der Waals surface area contributed by atoms with Crippen molar-refractivity contribution >= 4 is 18.3 Å². The molecule has 1 fully saturated rings. The minimum Gasteiger partial charge on any atom is -0.351 e. The molecule has 0 aliphatic carbocycles. The molecule has 0 radical (unpaired) electrons. The van der Waals surface area contributed by atoms with Crippen LogP contribution in [0, 0.1) is 11.7 Å². The van der Waals surface area contributed by atoms with E-state index in [4.69, 9.17) is 0 Å². The van der Waals surface area contributed by atoms with Crippen LogP contribution in [0.2, 0.25) is 0 Å². The lowest BCUT2D eigenvalue weighted by atomic mass is 9.82. The first-order valence-electron chi connectivity index (χ1n) is 7.19. The third-order valence-electron chi connectivity index (χ3n) is 4.26. The van der Waals surface area contributed by atoms with Gasteiger partial charge >= 0.3 is 0 Å². The summed E-state index contributed by atoms with van der Waals surface area (Å²) in [5.41, 5.74) is -0.0364. The number of halogens is 2. The van der Waals surface area contributed by atoms with Crippen LogP contribution in [-0.2, 0) is 10.2 Å². The van der Waals surface area contributed by atoms with Gasteiger partial charge < -0.3 is 10.6 Å². The average molecular weight is 315 g/mol. The molecule has 3 nitrogen and oxygen atoms in total. The Kier molecular flexibility index (Phi) is 6.17. The zero-order valence-corrected chi connectivity index (χ0v) is 13.6. The Morgan fingerprint density at radius 2 is 2.14 bits per heavy atom. The third kappa shape index (κ3) is 4.17.